The van der Waals surface area contributed by atoms with Crippen LogP contribution in [-0.4, -0.2) is 78.9 Å². The van der Waals surface area contributed by atoms with Crippen molar-refractivity contribution in [2.45, 2.75) is 57.0 Å². The first kappa shape index (κ1) is 37.9. The number of benzene rings is 2. The average Bonchev–Trinajstić information content (AvgIpc) is 3.84. The highest BCUT2D eigenvalue weighted by Crippen LogP contribution is 2.48. The van der Waals surface area contributed by atoms with Gasteiger partial charge in [-0.25, -0.2) is 19.6 Å². The van der Waals surface area contributed by atoms with Crippen molar-refractivity contribution in [1.29, 1.82) is 0 Å². The average molecular weight is 930 g/mol. The lowest BCUT2D eigenvalue weighted by molar-refractivity contribution is 0.131. The summed E-state index contributed by atoms with van der Waals surface area (Å²) < 4.78 is 7.18. The van der Waals surface area contributed by atoms with Gasteiger partial charge in [0.1, 0.15) is 11.4 Å². The number of fused-ring (bicyclic) bond motifs is 2. The SMILES string of the molecule is Cn1c2c(c(=O)n(C)c1=O)N(Cc1ccccc1Br)C(N1CCC(N)C1)N2N1c2c(c(=O)n(C)c(=O)n2C)N(Cc2ccccc2I)C1N1CCCC(N)C1. The molecule has 292 valence electrons. The standard InChI is InChI=1S/C37H46BrIN12O4/c1-42-30-28(32(52)44(3)36(42)54)48(18-22-10-5-7-13-26(22)38)35(47-17-15-25(41)21-47)51(30)50-31-29(33(53)45(4)37(55)43(31)2)49(19-23-11-6-8-14-27(23)39)34(50)46-16-9-12-24(40)20-46/h5-8,10-11,13-14,24-25,34-35H,9,12,15-21,40-41H2,1-4H3. The van der Waals surface area contributed by atoms with Crippen LogP contribution in [0, 0.1) is 3.57 Å². The number of anilines is 4. The molecule has 4 aromatic rings. The van der Waals surface area contributed by atoms with Gasteiger partial charge in [0.15, 0.2) is 24.2 Å². The molecular formula is C37H46BrIN12O4. The fourth-order valence-electron chi connectivity index (χ4n) is 8.72. The number of nitrogens with zero attached hydrogens (tertiary/aromatic N) is 10. The van der Waals surface area contributed by atoms with E-state index in [0.717, 1.165) is 47.6 Å². The summed E-state index contributed by atoms with van der Waals surface area (Å²) in [6.45, 7) is 2.94. The van der Waals surface area contributed by atoms with E-state index < -0.39 is 35.1 Å². The zero-order chi connectivity index (χ0) is 39.0. The second-order valence-corrected chi connectivity index (χ2v) is 17.0. The molecule has 0 radical (unpaired) electrons. The van der Waals surface area contributed by atoms with E-state index in [2.05, 4.69) is 53.2 Å². The molecule has 2 aromatic heterocycles. The lowest BCUT2D eigenvalue weighted by atomic mass is 10.1. The number of nitrogens with two attached hydrogens (primary N) is 2. The monoisotopic (exact) mass is 928 g/mol. The van der Waals surface area contributed by atoms with Crippen LogP contribution in [0.15, 0.2) is 72.2 Å². The number of hydrogen-bond donors (Lipinski definition) is 2. The minimum Gasteiger partial charge on any atom is -0.327 e. The normalized spacial score (nSPS) is 22.9. The van der Waals surface area contributed by atoms with Gasteiger partial charge in [-0.1, -0.05) is 52.3 Å². The maximum Gasteiger partial charge on any atom is 0.332 e. The van der Waals surface area contributed by atoms with Crippen molar-refractivity contribution in [3.05, 3.63) is 109 Å². The molecule has 4 aliphatic rings. The molecule has 0 spiro atoms. The van der Waals surface area contributed by atoms with Gasteiger partial charge in [0.2, 0.25) is 0 Å². The van der Waals surface area contributed by atoms with Crippen LogP contribution in [0.5, 0.6) is 0 Å². The van der Waals surface area contributed by atoms with Crippen molar-refractivity contribution < 1.29 is 0 Å². The Morgan fingerprint density at radius 1 is 0.655 bits per heavy atom. The molecule has 0 bridgehead atoms. The molecule has 4 unspecified atom stereocenters. The maximum absolute atomic E-state index is 14.6. The zero-order valence-corrected chi connectivity index (χ0v) is 35.1. The molecule has 16 nitrogen and oxygen atoms in total. The highest BCUT2D eigenvalue weighted by Gasteiger charge is 2.55. The van der Waals surface area contributed by atoms with E-state index in [1.807, 2.05) is 63.4 Å². The third kappa shape index (κ3) is 6.15. The third-order valence-electron chi connectivity index (χ3n) is 11.5. The molecule has 18 heteroatoms. The predicted octanol–water partition coefficient (Wildman–Crippen LogP) is 1.14. The van der Waals surface area contributed by atoms with Gasteiger partial charge in [0.05, 0.1) is 0 Å². The number of hydrazine groups is 1. The Balaban J connectivity index is 1.45. The Labute approximate surface area is 339 Å². The largest absolute Gasteiger partial charge is 0.332 e. The topological polar surface area (TPSA) is 159 Å². The molecule has 6 heterocycles. The first-order valence-corrected chi connectivity index (χ1v) is 20.3. The smallest absolute Gasteiger partial charge is 0.327 e. The Kier molecular flexibility index (Phi) is 10.0. The number of hydrogen-bond acceptors (Lipinski definition) is 12. The molecule has 0 aliphatic carbocycles. The Morgan fingerprint density at radius 3 is 1.64 bits per heavy atom. The van der Waals surface area contributed by atoms with E-state index in [9.17, 15) is 19.2 Å². The van der Waals surface area contributed by atoms with Gasteiger partial charge >= 0.3 is 11.4 Å². The number of halogens is 2. The molecular weight excluding hydrogens is 883 g/mol. The molecule has 0 amide bonds. The summed E-state index contributed by atoms with van der Waals surface area (Å²) in [5.74, 6) is 0.714. The van der Waals surface area contributed by atoms with Crippen LogP contribution >= 0.6 is 38.5 Å². The van der Waals surface area contributed by atoms with Gasteiger partial charge in [-0.2, -0.15) is 0 Å². The molecule has 0 saturated carbocycles. The summed E-state index contributed by atoms with van der Waals surface area (Å²) in [4.78, 5) is 65.9. The Hall–Kier alpha value is -3.95. The van der Waals surface area contributed by atoms with E-state index in [4.69, 9.17) is 11.5 Å². The lowest BCUT2D eigenvalue weighted by Crippen LogP contribution is -2.68. The minimum absolute atomic E-state index is 0.127. The molecule has 8 rings (SSSR count). The van der Waals surface area contributed by atoms with Crippen LogP contribution in [-0.2, 0) is 41.3 Å². The van der Waals surface area contributed by atoms with Crippen LogP contribution in [0.1, 0.15) is 30.4 Å². The maximum atomic E-state index is 14.6. The van der Waals surface area contributed by atoms with Gasteiger partial charge in [-0.3, -0.25) is 37.7 Å². The second kappa shape index (κ2) is 14.5. The molecule has 2 aromatic carbocycles. The van der Waals surface area contributed by atoms with E-state index in [1.165, 1.54) is 23.2 Å². The van der Waals surface area contributed by atoms with Gasteiger partial charge in [0, 0.05) is 87.6 Å². The molecule has 2 fully saturated rings. The molecule has 4 aliphatic heterocycles. The van der Waals surface area contributed by atoms with Crippen molar-refractivity contribution in [1.82, 2.24) is 28.1 Å². The Bertz CT molecular complexity index is 2410. The second-order valence-electron chi connectivity index (χ2n) is 15.0. The van der Waals surface area contributed by atoms with E-state index in [0.29, 0.717) is 62.3 Å². The van der Waals surface area contributed by atoms with Gasteiger partial charge in [-0.05, 0) is 65.1 Å². The van der Waals surface area contributed by atoms with Crippen molar-refractivity contribution in [3.8, 4) is 0 Å². The van der Waals surface area contributed by atoms with Gasteiger partial charge < -0.3 is 21.3 Å². The summed E-state index contributed by atoms with van der Waals surface area (Å²) in [5, 5.41) is 3.96. The van der Waals surface area contributed by atoms with Gasteiger partial charge in [-0.15, -0.1) is 0 Å². The fraction of sp³-hybridized carbons (Fsp3) is 0.459. The summed E-state index contributed by atoms with van der Waals surface area (Å²) in [6.07, 6.45) is 1.01. The third-order valence-corrected chi connectivity index (χ3v) is 13.3. The first-order chi connectivity index (χ1) is 26.3. The molecule has 4 atom stereocenters. The fourth-order valence-corrected chi connectivity index (χ4v) is 9.69. The molecule has 4 N–H and O–H groups in total. The van der Waals surface area contributed by atoms with Crippen molar-refractivity contribution in [2.75, 3.05) is 46.0 Å². The van der Waals surface area contributed by atoms with Crippen molar-refractivity contribution in [2.24, 2.45) is 39.7 Å². The van der Waals surface area contributed by atoms with Crippen LogP contribution in [0.25, 0.3) is 0 Å². The van der Waals surface area contributed by atoms with Crippen LogP contribution < -0.4 is 53.8 Å². The number of likely N-dealkylation sites (tertiary alicyclic amines) is 2. The summed E-state index contributed by atoms with van der Waals surface area (Å²) in [7, 11) is 6.32. The predicted molar refractivity (Wildman–Crippen MR) is 225 cm³/mol. The van der Waals surface area contributed by atoms with Crippen LogP contribution in [0.4, 0.5) is 23.0 Å². The van der Waals surface area contributed by atoms with E-state index in [1.54, 1.807) is 14.1 Å². The highest BCUT2D eigenvalue weighted by molar-refractivity contribution is 14.1. The zero-order valence-electron chi connectivity index (χ0n) is 31.3. The number of aromatic nitrogens is 4. The van der Waals surface area contributed by atoms with Gasteiger partial charge in [0.25, 0.3) is 11.1 Å². The number of piperidine rings is 1. The summed E-state index contributed by atoms with van der Waals surface area (Å²) in [6, 6.07) is 15.6. The molecule has 55 heavy (non-hydrogen) atoms. The summed E-state index contributed by atoms with van der Waals surface area (Å²) in [5.41, 5.74) is 14.0. The van der Waals surface area contributed by atoms with Crippen molar-refractivity contribution >= 4 is 61.5 Å². The van der Waals surface area contributed by atoms with E-state index >= 15 is 0 Å². The quantitative estimate of drug-likeness (QED) is 0.255. The number of rotatable bonds is 7. The first-order valence-electron chi connectivity index (χ1n) is 18.5. The van der Waals surface area contributed by atoms with E-state index in [-0.39, 0.29) is 12.1 Å². The van der Waals surface area contributed by atoms with Crippen molar-refractivity contribution in [3.63, 3.8) is 0 Å². The minimum atomic E-state index is -0.693. The molecule has 2 saturated heterocycles. The van der Waals surface area contributed by atoms with Crippen LogP contribution in [0.3, 0.4) is 0 Å². The van der Waals surface area contributed by atoms with Crippen LogP contribution in [0.2, 0.25) is 0 Å². The lowest BCUT2D eigenvalue weighted by Gasteiger charge is -2.49. The Morgan fingerprint density at radius 2 is 1.13 bits per heavy atom. The highest BCUT2D eigenvalue weighted by atomic mass is 127. The summed E-state index contributed by atoms with van der Waals surface area (Å²) >= 11 is 6.06.